The maximum absolute atomic E-state index is 12.7. The van der Waals surface area contributed by atoms with Crippen LogP contribution in [0.5, 0.6) is 0 Å². The van der Waals surface area contributed by atoms with Crippen molar-refractivity contribution in [2.24, 2.45) is 0 Å². The molecule has 9 nitrogen and oxygen atoms in total. The first kappa shape index (κ1) is 21.7. The van der Waals surface area contributed by atoms with Gasteiger partial charge in [-0.15, -0.1) is 0 Å². The summed E-state index contributed by atoms with van der Waals surface area (Å²) in [4.78, 5) is 23.9. The maximum Gasteiger partial charge on any atom is 0.342 e. The molecule has 160 valence electrons. The van der Waals surface area contributed by atoms with E-state index in [0.29, 0.717) is 5.69 Å². The van der Waals surface area contributed by atoms with E-state index in [1.807, 2.05) is 32.0 Å². The van der Waals surface area contributed by atoms with Crippen molar-refractivity contribution in [1.29, 1.82) is 0 Å². The Balaban J connectivity index is 1.82. The molecule has 1 fully saturated rings. The Bertz CT molecular complexity index is 946. The third kappa shape index (κ3) is 4.29. The van der Waals surface area contributed by atoms with E-state index in [1.54, 1.807) is 18.2 Å². The van der Waals surface area contributed by atoms with Gasteiger partial charge in [-0.3, -0.25) is 0 Å². The Hall–Kier alpha value is -2.98. The number of nitrogens with one attached hydrogen (secondary N) is 1. The van der Waals surface area contributed by atoms with Crippen LogP contribution < -0.4 is 5.32 Å². The fourth-order valence-corrected chi connectivity index (χ4v) is 3.12. The van der Waals surface area contributed by atoms with Crippen LogP contribution in [-0.4, -0.2) is 63.1 Å². The van der Waals surface area contributed by atoms with Crippen LogP contribution in [0.1, 0.15) is 21.5 Å². The largest absolute Gasteiger partial charge is 0.479 e. The summed E-state index contributed by atoms with van der Waals surface area (Å²) in [5, 5.41) is 41.9. The second kappa shape index (κ2) is 8.80. The van der Waals surface area contributed by atoms with Crippen molar-refractivity contribution in [3.63, 3.8) is 0 Å². The number of ether oxygens (including phenoxy) is 2. The highest BCUT2D eigenvalue weighted by Gasteiger charge is 2.48. The molecule has 2 aromatic carbocycles. The van der Waals surface area contributed by atoms with Gasteiger partial charge in [-0.05, 0) is 43.2 Å². The monoisotopic (exact) mass is 417 g/mol. The summed E-state index contributed by atoms with van der Waals surface area (Å²) in [6.45, 7) is 3.89. The highest BCUT2D eigenvalue weighted by Crippen LogP contribution is 2.28. The zero-order valence-corrected chi connectivity index (χ0v) is 16.4. The summed E-state index contributed by atoms with van der Waals surface area (Å²) in [7, 11) is 0. The van der Waals surface area contributed by atoms with Gasteiger partial charge in [0.05, 0.1) is 11.3 Å². The SMILES string of the molecule is Cc1cccc(Nc2ccccc2C(=O)OC2O[C@H](C(=O)O)[C@@H](O)[C@H](O)[C@H]2O)c1C. The minimum Gasteiger partial charge on any atom is -0.479 e. The van der Waals surface area contributed by atoms with E-state index in [0.717, 1.165) is 16.8 Å². The van der Waals surface area contributed by atoms with E-state index < -0.39 is 42.6 Å². The molecule has 5 N–H and O–H groups in total. The molecule has 0 amide bonds. The lowest BCUT2D eigenvalue weighted by molar-refractivity contribution is -0.278. The van der Waals surface area contributed by atoms with Crippen molar-refractivity contribution in [2.75, 3.05) is 5.32 Å². The van der Waals surface area contributed by atoms with Crippen LogP contribution in [0.15, 0.2) is 42.5 Å². The van der Waals surface area contributed by atoms with Gasteiger partial charge in [-0.2, -0.15) is 0 Å². The van der Waals surface area contributed by atoms with Crippen LogP contribution in [0.2, 0.25) is 0 Å². The lowest BCUT2D eigenvalue weighted by atomic mass is 9.99. The van der Waals surface area contributed by atoms with E-state index in [9.17, 15) is 24.9 Å². The van der Waals surface area contributed by atoms with Crippen LogP contribution in [0.25, 0.3) is 0 Å². The number of hydrogen-bond acceptors (Lipinski definition) is 8. The Morgan fingerprint density at radius 3 is 2.30 bits per heavy atom. The van der Waals surface area contributed by atoms with Gasteiger partial charge < -0.3 is 35.2 Å². The molecule has 1 aliphatic heterocycles. The number of aliphatic carboxylic acids is 1. The number of aliphatic hydroxyl groups is 3. The van der Waals surface area contributed by atoms with Gasteiger partial charge in [0.15, 0.2) is 6.10 Å². The molecule has 3 rings (SSSR count). The van der Waals surface area contributed by atoms with Crippen molar-refractivity contribution in [2.45, 2.75) is 44.6 Å². The van der Waals surface area contributed by atoms with E-state index in [-0.39, 0.29) is 5.56 Å². The molecule has 0 spiro atoms. The number of carboxylic acid groups (broad SMARTS) is 1. The molecule has 30 heavy (non-hydrogen) atoms. The Morgan fingerprint density at radius 2 is 1.60 bits per heavy atom. The number of benzene rings is 2. The van der Waals surface area contributed by atoms with E-state index >= 15 is 0 Å². The quantitative estimate of drug-likeness (QED) is 0.451. The normalized spacial score (nSPS) is 26.1. The van der Waals surface area contributed by atoms with Gasteiger partial charge in [0.2, 0.25) is 6.29 Å². The van der Waals surface area contributed by atoms with Gasteiger partial charge >= 0.3 is 11.9 Å². The number of carbonyl (C=O) groups excluding carboxylic acids is 1. The molecule has 1 saturated heterocycles. The molecule has 1 aliphatic rings. The first-order valence-corrected chi connectivity index (χ1v) is 9.26. The second-order valence-electron chi connectivity index (χ2n) is 7.06. The molecule has 0 saturated carbocycles. The third-order valence-electron chi connectivity index (χ3n) is 5.06. The number of hydrogen-bond donors (Lipinski definition) is 5. The Labute approximate surface area is 172 Å². The fraction of sp³-hybridized carbons (Fsp3) is 0.333. The number of aryl methyl sites for hydroxylation is 1. The molecule has 1 heterocycles. The van der Waals surface area contributed by atoms with E-state index in [4.69, 9.17) is 14.6 Å². The summed E-state index contributed by atoms with van der Waals surface area (Å²) in [5.74, 6) is -2.47. The van der Waals surface area contributed by atoms with Gasteiger partial charge in [0, 0.05) is 5.69 Å². The minimum absolute atomic E-state index is 0.113. The molecule has 0 radical (unpaired) electrons. The highest BCUT2D eigenvalue weighted by atomic mass is 16.7. The zero-order valence-electron chi connectivity index (χ0n) is 16.4. The third-order valence-corrected chi connectivity index (χ3v) is 5.06. The summed E-state index contributed by atoms with van der Waals surface area (Å²) >= 11 is 0. The number of esters is 1. The van der Waals surface area contributed by atoms with Crippen molar-refractivity contribution in [1.82, 2.24) is 0 Å². The molecule has 0 aromatic heterocycles. The molecule has 9 heteroatoms. The van der Waals surface area contributed by atoms with Crippen LogP contribution in [0, 0.1) is 13.8 Å². The zero-order chi connectivity index (χ0) is 22.0. The van der Waals surface area contributed by atoms with E-state index in [2.05, 4.69) is 5.32 Å². The minimum atomic E-state index is -1.87. The highest BCUT2D eigenvalue weighted by molar-refractivity contribution is 5.96. The number of para-hydroxylation sites is 1. The number of carboxylic acids is 1. The second-order valence-corrected chi connectivity index (χ2v) is 7.06. The predicted molar refractivity (Wildman–Crippen MR) is 105 cm³/mol. The Morgan fingerprint density at radius 1 is 0.933 bits per heavy atom. The number of aliphatic hydroxyl groups excluding tert-OH is 3. The van der Waals surface area contributed by atoms with E-state index in [1.165, 1.54) is 6.07 Å². The van der Waals surface area contributed by atoms with Crippen LogP contribution >= 0.6 is 0 Å². The standard InChI is InChI=1S/C21H23NO8/c1-10-6-5-9-13(11(10)2)22-14-8-4-3-7-12(14)20(28)30-21-17(25)15(23)16(24)18(29-21)19(26)27/h3-9,15-18,21-25H,1-2H3,(H,26,27)/t15-,16-,17+,18-,21?/m0/s1. The van der Waals surface area contributed by atoms with Crippen LogP contribution in [0.4, 0.5) is 11.4 Å². The molecule has 0 aliphatic carbocycles. The molecule has 0 bridgehead atoms. The molecular formula is C21H23NO8. The van der Waals surface area contributed by atoms with Gasteiger partial charge in [0.1, 0.15) is 18.3 Å². The smallest absolute Gasteiger partial charge is 0.342 e. The van der Waals surface area contributed by atoms with Crippen molar-refractivity contribution >= 4 is 23.3 Å². The first-order valence-electron chi connectivity index (χ1n) is 9.26. The molecule has 5 atom stereocenters. The average Bonchev–Trinajstić information content (AvgIpc) is 2.71. The number of carbonyl (C=O) groups is 2. The van der Waals surface area contributed by atoms with Crippen LogP contribution in [-0.2, 0) is 14.3 Å². The first-order chi connectivity index (χ1) is 14.2. The lowest BCUT2D eigenvalue weighted by Crippen LogP contribution is -2.60. The topological polar surface area (TPSA) is 146 Å². The number of rotatable bonds is 5. The van der Waals surface area contributed by atoms with Crippen molar-refractivity contribution in [3.05, 3.63) is 59.2 Å². The summed E-state index contributed by atoms with van der Waals surface area (Å²) < 4.78 is 10.1. The molecule has 2 aromatic rings. The summed E-state index contributed by atoms with van der Waals surface area (Å²) in [5.41, 5.74) is 3.38. The number of anilines is 2. The Kier molecular flexibility index (Phi) is 6.37. The van der Waals surface area contributed by atoms with Crippen LogP contribution in [0.3, 0.4) is 0 Å². The lowest BCUT2D eigenvalue weighted by Gasteiger charge is -2.38. The average molecular weight is 417 g/mol. The fourth-order valence-electron chi connectivity index (χ4n) is 3.12. The van der Waals surface area contributed by atoms with Crippen molar-refractivity contribution < 1.29 is 39.5 Å². The maximum atomic E-state index is 12.7. The van der Waals surface area contributed by atoms with Gasteiger partial charge in [-0.1, -0.05) is 24.3 Å². The predicted octanol–water partition coefficient (Wildman–Crippen LogP) is 1.10. The van der Waals surface area contributed by atoms with Crippen molar-refractivity contribution in [3.8, 4) is 0 Å². The van der Waals surface area contributed by atoms with Gasteiger partial charge in [-0.25, -0.2) is 9.59 Å². The summed E-state index contributed by atoms with van der Waals surface area (Å²) in [6.07, 6.45) is -9.18. The molecule has 1 unspecified atom stereocenters. The van der Waals surface area contributed by atoms with Gasteiger partial charge in [0.25, 0.3) is 0 Å². The molecular weight excluding hydrogens is 394 g/mol. The summed E-state index contributed by atoms with van der Waals surface area (Å²) in [6, 6.07) is 12.2.